The molecule has 0 aromatic heterocycles. The molecule has 0 unspecified atom stereocenters. The minimum absolute atomic E-state index is 0.123. The van der Waals surface area contributed by atoms with Gasteiger partial charge in [-0.05, 0) is 131 Å². The highest BCUT2D eigenvalue weighted by molar-refractivity contribution is 7.90. The Morgan fingerprint density at radius 1 is 0.942 bits per heavy atom. The van der Waals surface area contributed by atoms with E-state index < -0.39 is 21.2 Å². The van der Waals surface area contributed by atoms with Crippen LogP contribution in [0.1, 0.15) is 101 Å². The van der Waals surface area contributed by atoms with E-state index in [1.165, 1.54) is 17.5 Å². The summed E-state index contributed by atoms with van der Waals surface area (Å²) in [5, 5.41) is 0.0332. The molecule has 284 valence electrons. The van der Waals surface area contributed by atoms with Crippen LogP contribution in [0, 0.1) is 23.7 Å². The highest BCUT2D eigenvalue weighted by Crippen LogP contribution is 2.49. The van der Waals surface area contributed by atoms with E-state index in [0.29, 0.717) is 37.2 Å². The summed E-state index contributed by atoms with van der Waals surface area (Å²) < 4.78 is 49.5. The number of rotatable bonds is 2. The zero-order chi connectivity index (χ0) is 36.4. The summed E-state index contributed by atoms with van der Waals surface area (Å²) in [5.74, 6) is 1.06. The van der Waals surface area contributed by atoms with Gasteiger partial charge in [-0.15, -0.1) is 0 Å². The van der Waals surface area contributed by atoms with E-state index in [4.69, 9.17) is 25.8 Å². The number of fused-ring (bicyclic) bond motifs is 4. The molecule has 1 saturated carbocycles. The summed E-state index contributed by atoms with van der Waals surface area (Å²) in [4.78, 5) is 18.6. The molecule has 11 heteroatoms. The van der Waals surface area contributed by atoms with Crippen molar-refractivity contribution in [2.45, 2.75) is 114 Å². The number of nitrogens with zero attached hydrogens (tertiary/aromatic N) is 2. The normalized spacial score (nSPS) is 36.2. The SMILES string of the molecule is C[C@@H]1[C@@H](C)CCC[C@H]([C@H]2OC[C@@H](N3CCC3(C)C)CO2)[C@@H]2CC[C@H]2CN2C[C@@]3(CCCc4cc(Cl)ccc43)COc3ccc(cc32)C(=O)NS1(=O)=O. The number of ether oxygens (including phenoxy) is 3. The lowest BCUT2D eigenvalue weighted by Gasteiger charge is -2.54. The van der Waals surface area contributed by atoms with Crippen molar-refractivity contribution < 1.29 is 27.4 Å². The second-order valence-electron chi connectivity index (χ2n) is 17.5. The fraction of sp³-hybridized carbons (Fsp3) is 0.683. The number of benzene rings is 2. The molecule has 3 fully saturated rings. The molecule has 2 saturated heterocycles. The van der Waals surface area contributed by atoms with E-state index in [1.807, 2.05) is 25.1 Å². The number of hydrogen-bond donors (Lipinski definition) is 1. The molecular weight excluding hydrogens is 698 g/mol. The lowest BCUT2D eigenvalue weighted by molar-refractivity contribution is -0.255. The second kappa shape index (κ2) is 14.0. The number of likely N-dealkylation sites (tertiary alicyclic amines) is 1. The molecule has 0 radical (unpaired) electrons. The quantitative estimate of drug-likeness (QED) is 0.352. The van der Waals surface area contributed by atoms with Crippen LogP contribution in [0.3, 0.4) is 0 Å². The van der Waals surface area contributed by atoms with Gasteiger partial charge in [0.15, 0.2) is 6.29 Å². The topological polar surface area (TPSA) is 97.4 Å². The van der Waals surface area contributed by atoms with Crippen LogP contribution in [0.25, 0.3) is 0 Å². The monoisotopic (exact) mass is 753 g/mol. The molecule has 2 bridgehead atoms. The van der Waals surface area contributed by atoms with Gasteiger partial charge in [0.1, 0.15) is 5.75 Å². The number of sulfonamides is 1. The molecule has 2 aliphatic carbocycles. The second-order valence-corrected chi connectivity index (χ2v) is 20.0. The van der Waals surface area contributed by atoms with E-state index in [1.54, 1.807) is 13.0 Å². The number of carbonyl (C=O) groups excluding carboxylic acids is 1. The predicted octanol–water partition coefficient (Wildman–Crippen LogP) is 6.95. The van der Waals surface area contributed by atoms with E-state index in [2.05, 4.69) is 40.5 Å². The highest BCUT2D eigenvalue weighted by atomic mass is 35.5. The van der Waals surface area contributed by atoms with Gasteiger partial charge in [0.2, 0.25) is 10.0 Å². The van der Waals surface area contributed by atoms with Crippen molar-refractivity contribution in [1.29, 1.82) is 0 Å². The molecule has 2 aromatic carbocycles. The van der Waals surface area contributed by atoms with E-state index >= 15 is 0 Å². The van der Waals surface area contributed by atoms with Gasteiger partial charge in [-0.1, -0.05) is 31.0 Å². The van der Waals surface area contributed by atoms with Gasteiger partial charge in [0.05, 0.1) is 36.8 Å². The van der Waals surface area contributed by atoms with Crippen molar-refractivity contribution >= 4 is 33.2 Å². The van der Waals surface area contributed by atoms with Crippen molar-refractivity contribution in [3.63, 3.8) is 0 Å². The highest BCUT2D eigenvalue weighted by Gasteiger charge is 2.48. The standard InChI is InChI=1S/C41H56ClN3O6S/c1-26-7-5-9-34(39-49-22-32(23-50-39)45-18-17-40(45,3)4)33-13-10-30(33)21-44-24-41(16-6-8-28-19-31(42)12-14-35(28)41)25-51-37-15-11-29(20-36(37)44)38(46)43-52(47,48)27(26)2/h11-12,14-15,19-20,26-27,30,32-34,39H,5-10,13,16-18,21-25H2,1-4H3,(H,43,46)/t26-,27+,30-,32-,33+,34-,39+,41-/m0/s1. The van der Waals surface area contributed by atoms with Gasteiger partial charge in [-0.2, -0.15) is 0 Å². The summed E-state index contributed by atoms with van der Waals surface area (Å²) in [6.45, 7) is 12.8. The van der Waals surface area contributed by atoms with Gasteiger partial charge in [0, 0.05) is 47.1 Å². The van der Waals surface area contributed by atoms with Gasteiger partial charge < -0.3 is 19.1 Å². The maximum atomic E-state index is 13.6. The Balaban J connectivity index is 1.13. The van der Waals surface area contributed by atoms with E-state index in [-0.39, 0.29) is 35.1 Å². The van der Waals surface area contributed by atoms with Crippen LogP contribution in [0.4, 0.5) is 5.69 Å². The Labute approximate surface area is 315 Å². The molecule has 6 aliphatic rings. The first-order chi connectivity index (χ1) is 24.8. The molecule has 52 heavy (non-hydrogen) atoms. The van der Waals surface area contributed by atoms with Crippen LogP contribution >= 0.6 is 11.6 Å². The van der Waals surface area contributed by atoms with Crippen molar-refractivity contribution in [2.24, 2.45) is 23.7 Å². The number of amides is 1. The Bertz CT molecular complexity index is 1780. The number of nitrogens with one attached hydrogen (secondary N) is 1. The minimum atomic E-state index is -3.91. The van der Waals surface area contributed by atoms with Crippen LogP contribution in [-0.2, 0) is 31.3 Å². The van der Waals surface area contributed by atoms with Gasteiger partial charge in [0.25, 0.3) is 5.91 Å². The molecule has 1 amide bonds. The Kier molecular flexibility index (Phi) is 9.88. The first kappa shape index (κ1) is 36.6. The van der Waals surface area contributed by atoms with Crippen molar-refractivity contribution in [2.75, 3.05) is 44.4 Å². The zero-order valence-electron chi connectivity index (χ0n) is 31.2. The van der Waals surface area contributed by atoms with Crippen molar-refractivity contribution in [3.05, 3.63) is 58.1 Å². The third kappa shape index (κ3) is 6.78. The van der Waals surface area contributed by atoms with Crippen molar-refractivity contribution in [1.82, 2.24) is 9.62 Å². The lowest BCUT2D eigenvalue weighted by atomic mass is 9.64. The third-order valence-electron chi connectivity index (χ3n) is 13.9. The Morgan fingerprint density at radius 2 is 1.75 bits per heavy atom. The average molecular weight is 754 g/mol. The molecule has 1 spiro atoms. The van der Waals surface area contributed by atoms with Gasteiger partial charge >= 0.3 is 0 Å². The van der Waals surface area contributed by atoms with Gasteiger partial charge in [-0.25, -0.2) is 13.1 Å². The Hall–Kier alpha value is -2.37. The number of anilines is 1. The minimum Gasteiger partial charge on any atom is -0.490 e. The Morgan fingerprint density at radius 3 is 2.46 bits per heavy atom. The van der Waals surface area contributed by atoms with Crippen LogP contribution in [0.5, 0.6) is 5.75 Å². The van der Waals surface area contributed by atoms with Gasteiger partial charge in [-0.3, -0.25) is 9.69 Å². The number of hydrogen-bond acceptors (Lipinski definition) is 8. The maximum absolute atomic E-state index is 13.6. The van der Waals surface area contributed by atoms with Crippen LogP contribution in [0.15, 0.2) is 36.4 Å². The predicted molar refractivity (Wildman–Crippen MR) is 204 cm³/mol. The zero-order valence-corrected chi connectivity index (χ0v) is 32.8. The molecule has 8 rings (SSSR count). The summed E-state index contributed by atoms with van der Waals surface area (Å²) in [5.41, 5.74) is 3.69. The summed E-state index contributed by atoms with van der Waals surface area (Å²) in [6, 6.07) is 12.0. The molecule has 2 aromatic rings. The summed E-state index contributed by atoms with van der Waals surface area (Å²) in [7, 11) is -3.91. The fourth-order valence-electron chi connectivity index (χ4n) is 10.3. The lowest BCUT2D eigenvalue weighted by Crippen LogP contribution is -2.64. The molecule has 9 nitrogen and oxygen atoms in total. The largest absolute Gasteiger partial charge is 0.490 e. The average Bonchev–Trinajstić information content (AvgIpc) is 3.25. The van der Waals surface area contributed by atoms with E-state index in [0.717, 1.165) is 87.5 Å². The molecule has 4 heterocycles. The molecule has 6 atom stereocenters. The molecule has 4 aliphatic heterocycles. The smallest absolute Gasteiger partial charge is 0.264 e. The first-order valence-corrected chi connectivity index (χ1v) is 21.6. The van der Waals surface area contributed by atoms with Crippen LogP contribution < -0.4 is 14.4 Å². The third-order valence-corrected chi connectivity index (χ3v) is 16.1. The number of halogens is 1. The van der Waals surface area contributed by atoms with E-state index in [9.17, 15) is 13.2 Å². The maximum Gasteiger partial charge on any atom is 0.264 e. The van der Waals surface area contributed by atoms with Crippen molar-refractivity contribution in [3.8, 4) is 5.75 Å². The number of carbonyl (C=O) groups is 1. The summed E-state index contributed by atoms with van der Waals surface area (Å²) >= 11 is 6.49. The molecule has 1 N–H and O–H groups in total. The first-order valence-electron chi connectivity index (χ1n) is 19.7. The summed E-state index contributed by atoms with van der Waals surface area (Å²) in [6.07, 6.45) is 8.73. The fourth-order valence-corrected chi connectivity index (χ4v) is 11.8. The number of aryl methyl sites for hydroxylation is 1. The van der Waals surface area contributed by atoms with Crippen LogP contribution in [0.2, 0.25) is 5.02 Å². The van der Waals surface area contributed by atoms with Crippen LogP contribution in [-0.4, -0.2) is 81.8 Å². The molecular formula is C41H56ClN3O6S.